The minimum Gasteiger partial charge on any atom is -0.351 e. The number of carbonyl (C=O) groups excluding carboxylic acids is 1. The molecule has 0 aromatic heterocycles. The maximum absolute atomic E-state index is 11.9. The largest absolute Gasteiger partial charge is 0.351 e. The van der Waals surface area contributed by atoms with Gasteiger partial charge in [-0.05, 0) is 37.3 Å². The minimum atomic E-state index is 0.0116. The Morgan fingerprint density at radius 2 is 1.95 bits per heavy atom. The van der Waals surface area contributed by atoms with Crippen molar-refractivity contribution in [1.82, 2.24) is 10.6 Å². The second kappa shape index (κ2) is 6.40. The van der Waals surface area contributed by atoms with Crippen molar-refractivity contribution in [3.63, 3.8) is 0 Å². The summed E-state index contributed by atoms with van der Waals surface area (Å²) in [4.78, 5) is 11.9. The van der Waals surface area contributed by atoms with Gasteiger partial charge in [0, 0.05) is 24.7 Å². The van der Waals surface area contributed by atoms with Gasteiger partial charge in [-0.2, -0.15) is 0 Å². The Morgan fingerprint density at radius 1 is 1.25 bits per heavy atom. The fraction of sp³-hybridized carbons (Fsp3) is 0.588. The summed E-state index contributed by atoms with van der Waals surface area (Å²) in [5, 5.41) is 6.54. The molecule has 0 bridgehead atoms. The van der Waals surface area contributed by atoms with Crippen LogP contribution < -0.4 is 10.6 Å². The van der Waals surface area contributed by atoms with Crippen molar-refractivity contribution in [2.75, 3.05) is 13.1 Å². The van der Waals surface area contributed by atoms with Gasteiger partial charge in [-0.3, -0.25) is 4.79 Å². The maximum Gasteiger partial charge on any atom is 0.251 e. The molecule has 1 saturated carbocycles. The van der Waals surface area contributed by atoms with Gasteiger partial charge in [-0.25, -0.2) is 0 Å². The number of amides is 1. The van der Waals surface area contributed by atoms with Crippen LogP contribution in [0.4, 0.5) is 0 Å². The average molecular weight is 274 g/mol. The molecule has 1 aromatic rings. The molecule has 2 N–H and O–H groups in total. The van der Waals surface area contributed by atoms with Crippen LogP contribution in [0.15, 0.2) is 24.3 Å². The van der Waals surface area contributed by atoms with E-state index < -0.39 is 0 Å². The van der Waals surface area contributed by atoms with E-state index in [2.05, 4.69) is 24.5 Å². The molecular weight excluding hydrogens is 248 g/mol. The van der Waals surface area contributed by atoms with Crippen LogP contribution in [-0.4, -0.2) is 25.0 Å². The zero-order valence-corrected chi connectivity index (χ0v) is 12.8. The monoisotopic (exact) mass is 274 g/mol. The molecule has 2 rings (SSSR count). The molecular formula is C17H26N2O. The molecule has 20 heavy (non-hydrogen) atoms. The molecule has 1 aromatic carbocycles. The minimum absolute atomic E-state index is 0.0116. The lowest BCUT2D eigenvalue weighted by molar-refractivity contribution is 0.0953. The van der Waals surface area contributed by atoms with Crippen molar-refractivity contribution < 1.29 is 4.79 Å². The SMILES string of the molecule is Cc1ccc(C(=O)NCCNC2CCCC2(C)C)cc1. The Morgan fingerprint density at radius 3 is 2.55 bits per heavy atom. The third kappa shape index (κ3) is 3.83. The highest BCUT2D eigenvalue weighted by Gasteiger charge is 2.33. The molecule has 1 amide bonds. The highest BCUT2D eigenvalue weighted by Crippen LogP contribution is 2.36. The molecule has 0 aliphatic heterocycles. The Labute approximate surface area is 122 Å². The normalized spacial score (nSPS) is 20.9. The molecule has 1 aliphatic carbocycles. The van der Waals surface area contributed by atoms with Crippen LogP contribution in [0.1, 0.15) is 49.0 Å². The topological polar surface area (TPSA) is 41.1 Å². The van der Waals surface area contributed by atoms with Crippen molar-refractivity contribution >= 4 is 5.91 Å². The molecule has 110 valence electrons. The second-order valence-electron chi connectivity index (χ2n) is 6.51. The van der Waals surface area contributed by atoms with E-state index in [-0.39, 0.29) is 5.91 Å². The van der Waals surface area contributed by atoms with Crippen LogP contribution in [-0.2, 0) is 0 Å². The van der Waals surface area contributed by atoms with Crippen molar-refractivity contribution in [3.05, 3.63) is 35.4 Å². The third-order valence-corrected chi connectivity index (χ3v) is 4.37. The molecule has 1 atom stereocenters. The number of aryl methyl sites for hydroxylation is 1. The van der Waals surface area contributed by atoms with Gasteiger partial charge in [0.15, 0.2) is 0 Å². The standard InChI is InChI=1S/C17H26N2O/c1-13-6-8-14(9-7-13)16(20)19-12-11-18-15-5-4-10-17(15,2)3/h6-9,15,18H,4-5,10-12H2,1-3H3,(H,19,20). The van der Waals surface area contributed by atoms with Gasteiger partial charge in [-0.1, -0.05) is 38.0 Å². The van der Waals surface area contributed by atoms with Crippen LogP contribution in [0.25, 0.3) is 0 Å². The van der Waals surface area contributed by atoms with Gasteiger partial charge < -0.3 is 10.6 Å². The van der Waals surface area contributed by atoms with E-state index in [1.54, 1.807) is 0 Å². The summed E-state index contributed by atoms with van der Waals surface area (Å²) in [6.45, 7) is 8.19. The van der Waals surface area contributed by atoms with Crippen LogP contribution in [0.2, 0.25) is 0 Å². The molecule has 1 unspecified atom stereocenters. The summed E-state index contributed by atoms with van der Waals surface area (Å²) in [6, 6.07) is 8.26. The Balaban J connectivity index is 1.71. The zero-order chi connectivity index (χ0) is 14.6. The summed E-state index contributed by atoms with van der Waals surface area (Å²) >= 11 is 0. The molecule has 1 aliphatic rings. The first kappa shape index (κ1) is 15.0. The van der Waals surface area contributed by atoms with Crippen LogP contribution in [0.5, 0.6) is 0 Å². The van der Waals surface area contributed by atoms with E-state index in [1.807, 2.05) is 31.2 Å². The molecule has 0 heterocycles. The zero-order valence-electron chi connectivity index (χ0n) is 12.8. The van der Waals surface area contributed by atoms with Gasteiger partial charge in [0.05, 0.1) is 0 Å². The Kier molecular flexibility index (Phi) is 4.81. The van der Waals surface area contributed by atoms with E-state index in [0.29, 0.717) is 18.0 Å². The van der Waals surface area contributed by atoms with Crippen molar-refractivity contribution in [2.24, 2.45) is 5.41 Å². The van der Waals surface area contributed by atoms with Gasteiger partial charge in [0.1, 0.15) is 0 Å². The van der Waals surface area contributed by atoms with E-state index in [4.69, 9.17) is 0 Å². The number of hydrogen-bond acceptors (Lipinski definition) is 2. The van der Waals surface area contributed by atoms with E-state index in [1.165, 1.54) is 24.8 Å². The number of rotatable bonds is 5. The molecule has 1 fully saturated rings. The second-order valence-corrected chi connectivity index (χ2v) is 6.51. The van der Waals surface area contributed by atoms with E-state index in [0.717, 1.165) is 12.1 Å². The highest BCUT2D eigenvalue weighted by atomic mass is 16.1. The molecule has 0 spiro atoms. The number of benzene rings is 1. The van der Waals surface area contributed by atoms with Gasteiger partial charge in [-0.15, -0.1) is 0 Å². The van der Waals surface area contributed by atoms with Gasteiger partial charge in [0.25, 0.3) is 5.91 Å². The van der Waals surface area contributed by atoms with E-state index in [9.17, 15) is 4.79 Å². The predicted molar refractivity (Wildman–Crippen MR) is 82.9 cm³/mol. The van der Waals surface area contributed by atoms with Crippen molar-refractivity contribution in [1.29, 1.82) is 0 Å². The van der Waals surface area contributed by atoms with Crippen molar-refractivity contribution in [3.8, 4) is 0 Å². The summed E-state index contributed by atoms with van der Waals surface area (Å²) in [6.07, 6.45) is 3.85. The first-order valence-corrected chi connectivity index (χ1v) is 7.57. The lowest BCUT2D eigenvalue weighted by Crippen LogP contribution is -2.41. The summed E-state index contributed by atoms with van der Waals surface area (Å²) in [7, 11) is 0. The lowest BCUT2D eigenvalue weighted by Gasteiger charge is -2.28. The summed E-state index contributed by atoms with van der Waals surface area (Å²) < 4.78 is 0. The van der Waals surface area contributed by atoms with Gasteiger partial charge in [0.2, 0.25) is 0 Å². The van der Waals surface area contributed by atoms with Crippen LogP contribution in [0, 0.1) is 12.3 Å². The summed E-state index contributed by atoms with van der Waals surface area (Å²) in [5.41, 5.74) is 2.30. The Hall–Kier alpha value is -1.35. The smallest absolute Gasteiger partial charge is 0.251 e. The fourth-order valence-corrected chi connectivity index (χ4v) is 2.93. The van der Waals surface area contributed by atoms with Crippen LogP contribution in [0.3, 0.4) is 0 Å². The molecule has 0 radical (unpaired) electrons. The lowest BCUT2D eigenvalue weighted by atomic mass is 9.87. The number of nitrogens with one attached hydrogen (secondary N) is 2. The van der Waals surface area contributed by atoms with Crippen LogP contribution >= 0.6 is 0 Å². The fourth-order valence-electron chi connectivity index (χ4n) is 2.93. The molecule has 0 saturated heterocycles. The van der Waals surface area contributed by atoms with E-state index >= 15 is 0 Å². The molecule has 3 nitrogen and oxygen atoms in total. The number of hydrogen-bond donors (Lipinski definition) is 2. The maximum atomic E-state index is 11.9. The quantitative estimate of drug-likeness (QED) is 0.811. The van der Waals surface area contributed by atoms with Gasteiger partial charge >= 0.3 is 0 Å². The average Bonchev–Trinajstić information content (AvgIpc) is 2.74. The highest BCUT2D eigenvalue weighted by molar-refractivity contribution is 5.94. The molecule has 3 heteroatoms. The first-order chi connectivity index (χ1) is 9.49. The van der Waals surface area contributed by atoms with Crippen molar-refractivity contribution in [2.45, 2.75) is 46.1 Å². The third-order valence-electron chi connectivity index (χ3n) is 4.37. The summed E-state index contributed by atoms with van der Waals surface area (Å²) in [5.74, 6) is 0.0116. The predicted octanol–water partition coefficient (Wildman–Crippen LogP) is 2.89. The number of carbonyl (C=O) groups is 1. The first-order valence-electron chi connectivity index (χ1n) is 7.57. The Bertz CT molecular complexity index is 451.